The van der Waals surface area contributed by atoms with E-state index < -0.39 is 11.7 Å². The Morgan fingerprint density at radius 2 is 1.85 bits per heavy atom. The SMILES string of the molecule is C=CCN(C(=O)NCc1ccc(N([O-])O)cc1)C1CCN(Cc2nc(-c3ccc(C(F)(F)F)cc3)[nH]c2C)CC1. The number of aromatic nitrogens is 2. The maximum Gasteiger partial charge on any atom is 0.416 e. The number of hydrogen-bond donors (Lipinski definition) is 3. The molecule has 2 aromatic carbocycles. The molecular weight excluding hydrogens is 525 g/mol. The number of halogens is 3. The van der Waals surface area contributed by atoms with Gasteiger partial charge >= 0.3 is 12.2 Å². The van der Waals surface area contributed by atoms with Gasteiger partial charge in [-0.1, -0.05) is 30.3 Å². The zero-order chi connectivity index (χ0) is 28.9. The summed E-state index contributed by atoms with van der Waals surface area (Å²) in [4.78, 5) is 24.8. The van der Waals surface area contributed by atoms with Crippen molar-refractivity contribution in [2.45, 2.75) is 45.1 Å². The number of rotatable bonds is 9. The monoisotopic (exact) mass is 557 g/mol. The number of anilines is 1. The fraction of sp³-hybridized carbons (Fsp3) is 0.357. The minimum Gasteiger partial charge on any atom is -0.733 e. The molecule has 9 nitrogen and oxygen atoms in total. The van der Waals surface area contributed by atoms with Crippen LogP contribution >= 0.6 is 0 Å². The molecule has 2 amide bonds. The molecule has 3 aromatic rings. The second-order valence-electron chi connectivity index (χ2n) is 9.78. The van der Waals surface area contributed by atoms with Crippen molar-refractivity contribution in [3.05, 3.63) is 88.9 Å². The minimum atomic E-state index is -4.38. The van der Waals surface area contributed by atoms with Crippen LogP contribution in [-0.2, 0) is 19.3 Å². The summed E-state index contributed by atoms with van der Waals surface area (Å²) in [5, 5.41) is 22.6. The number of alkyl halides is 3. The summed E-state index contributed by atoms with van der Waals surface area (Å²) in [6.45, 7) is 8.46. The first-order chi connectivity index (χ1) is 19.0. The maximum absolute atomic E-state index is 13.0. The smallest absolute Gasteiger partial charge is 0.416 e. The van der Waals surface area contributed by atoms with Crippen molar-refractivity contribution in [2.24, 2.45) is 0 Å². The van der Waals surface area contributed by atoms with Gasteiger partial charge in [-0.15, -0.1) is 6.58 Å². The number of aryl methyl sites for hydroxylation is 1. The lowest BCUT2D eigenvalue weighted by atomic mass is 10.0. The van der Waals surface area contributed by atoms with E-state index in [1.165, 1.54) is 24.3 Å². The van der Waals surface area contributed by atoms with Crippen molar-refractivity contribution in [3.8, 4) is 11.4 Å². The standard InChI is InChI=1S/C28H32F3N6O3/c1-3-14-36(27(38)32-17-20-4-10-24(11-5-20)37(39)40)23-12-15-35(16-13-23)18-25-19(2)33-26(34-25)21-6-8-22(9-7-21)28(29,30)31/h3-11,23,39H,1,12-18H2,2H3,(H,32,38)(H,33,34)/q-1. The Bertz CT molecular complexity index is 1280. The molecule has 1 saturated heterocycles. The van der Waals surface area contributed by atoms with Crippen LogP contribution in [0, 0.1) is 12.1 Å². The van der Waals surface area contributed by atoms with E-state index in [2.05, 4.69) is 26.8 Å². The molecule has 0 aliphatic carbocycles. The molecule has 0 unspecified atom stereocenters. The van der Waals surface area contributed by atoms with Gasteiger partial charge in [0.05, 0.1) is 16.9 Å². The van der Waals surface area contributed by atoms with Gasteiger partial charge in [0, 0.05) is 50.0 Å². The van der Waals surface area contributed by atoms with E-state index in [4.69, 9.17) is 5.21 Å². The van der Waals surface area contributed by atoms with Crippen LogP contribution < -0.4 is 10.5 Å². The van der Waals surface area contributed by atoms with E-state index >= 15 is 0 Å². The summed E-state index contributed by atoms with van der Waals surface area (Å²) in [6.07, 6.45) is -1.16. The summed E-state index contributed by atoms with van der Waals surface area (Å²) in [6, 6.07) is 11.0. The molecule has 0 radical (unpaired) electrons. The average molecular weight is 558 g/mol. The number of imidazole rings is 1. The molecule has 0 atom stereocenters. The Hall–Kier alpha value is -3.87. The lowest BCUT2D eigenvalue weighted by Gasteiger charge is -2.38. The highest BCUT2D eigenvalue weighted by atomic mass is 19.4. The Morgan fingerprint density at radius 3 is 2.42 bits per heavy atom. The fourth-order valence-electron chi connectivity index (χ4n) is 4.76. The number of nitrogens with one attached hydrogen (secondary N) is 2. The Kier molecular flexibility index (Phi) is 9.13. The second-order valence-corrected chi connectivity index (χ2v) is 9.78. The summed E-state index contributed by atoms with van der Waals surface area (Å²) in [7, 11) is 0. The molecule has 1 aromatic heterocycles. The number of piperidine rings is 1. The van der Waals surface area contributed by atoms with E-state index in [-0.39, 0.29) is 29.5 Å². The zero-order valence-corrected chi connectivity index (χ0v) is 22.1. The Labute approximate surface area is 230 Å². The lowest BCUT2D eigenvalue weighted by molar-refractivity contribution is -0.137. The molecule has 3 N–H and O–H groups in total. The Morgan fingerprint density at radius 1 is 1.20 bits per heavy atom. The molecule has 0 saturated carbocycles. The van der Waals surface area contributed by atoms with E-state index in [9.17, 15) is 23.2 Å². The fourth-order valence-corrected chi connectivity index (χ4v) is 4.76. The third-order valence-electron chi connectivity index (χ3n) is 7.03. The van der Waals surface area contributed by atoms with Gasteiger partial charge in [-0.2, -0.15) is 13.2 Å². The van der Waals surface area contributed by atoms with Crippen molar-refractivity contribution >= 4 is 11.7 Å². The molecule has 214 valence electrons. The molecular formula is C28H32F3N6O3-. The summed E-state index contributed by atoms with van der Waals surface area (Å²) >= 11 is 0. The highest BCUT2D eigenvalue weighted by Crippen LogP contribution is 2.31. The van der Waals surface area contributed by atoms with Gasteiger partial charge in [0.2, 0.25) is 0 Å². The van der Waals surface area contributed by atoms with Gasteiger partial charge in [0.25, 0.3) is 0 Å². The Balaban J connectivity index is 1.31. The first-order valence-electron chi connectivity index (χ1n) is 12.9. The first-order valence-corrected chi connectivity index (χ1v) is 12.9. The first kappa shape index (κ1) is 29.1. The number of urea groups is 1. The van der Waals surface area contributed by atoms with Gasteiger partial charge in [-0.25, -0.2) is 9.78 Å². The summed E-state index contributed by atoms with van der Waals surface area (Å²) in [5.74, 6) is 0.529. The van der Waals surface area contributed by atoms with Crippen LogP contribution in [0.5, 0.6) is 0 Å². The number of aromatic amines is 1. The van der Waals surface area contributed by atoms with E-state index in [1.807, 2.05) is 6.92 Å². The second kappa shape index (κ2) is 12.5. The third-order valence-corrected chi connectivity index (χ3v) is 7.03. The van der Waals surface area contributed by atoms with Crippen LogP contribution in [0.2, 0.25) is 0 Å². The lowest BCUT2D eigenvalue weighted by Crippen LogP contribution is -2.50. The number of benzene rings is 2. The van der Waals surface area contributed by atoms with Crippen molar-refractivity contribution in [1.82, 2.24) is 25.1 Å². The third kappa shape index (κ3) is 7.20. The van der Waals surface area contributed by atoms with Gasteiger partial charge in [-0.3, -0.25) is 10.1 Å². The van der Waals surface area contributed by atoms with Gasteiger partial charge in [0.15, 0.2) is 0 Å². The summed E-state index contributed by atoms with van der Waals surface area (Å²) in [5.41, 5.74) is 2.48. The number of H-pyrrole nitrogens is 1. The topological polar surface area (TPSA) is 111 Å². The maximum atomic E-state index is 13.0. The molecule has 12 heteroatoms. The van der Waals surface area contributed by atoms with E-state index in [0.29, 0.717) is 24.5 Å². The van der Waals surface area contributed by atoms with Crippen molar-refractivity contribution < 1.29 is 23.2 Å². The van der Waals surface area contributed by atoms with E-state index in [1.54, 1.807) is 23.1 Å². The van der Waals surface area contributed by atoms with Gasteiger partial charge in [-0.05, 0) is 49.6 Å². The zero-order valence-electron chi connectivity index (χ0n) is 22.1. The van der Waals surface area contributed by atoms with Crippen LogP contribution in [0.4, 0.5) is 23.7 Å². The minimum absolute atomic E-state index is 0.0306. The quantitative estimate of drug-likeness (QED) is 0.238. The van der Waals surface area contributed by atoms with Gasteiger partial charge < -0.3 is 25.6 Å². The van der Waals surface area contributed by atoms with Crippen LogP contribution in [0.15, 0.2) is 61.2 Å². The molecule has 0 bridgehead atoms. The molecule has 1 aliphatic heterocycles. The predicted octanol–water partition coefficient (Wildman–Crippen LogP) is 5.46. The van der Waals surface area contributed by atoms with E-state index in [0.717, 1.165) is 55.0 Å². The van der Waals surface area contributed by atoms with Crippen molar-refractivity contribution in [3.63, 3.8) is 0 Å². The van der Waals surface area contributed by atoms with Crippen LogP contribution in [-0.4, -0.2) is 56.7 Å². The van der Waals surface area contributed by atoms with Crippen molar-refractivity contribution in [1.29, 1.82) is 0 Å². The van der Waals surface area contributed by atoms with Crippen LogP contribution in [0.1, 0.15) is 35.4 Å². The molecule has 0 spiro atoms. The van der Waals surface area contributed by atoms with Crippen molar-refractivity contribution in [2.75, 3.05) is 24.9 Å². The number of carbonyl (C=O) groups excluding carboxylic acids is 1. The number of likely N-dealkylation sites (tertiary alicyclic amines) is 1. The molecule has 2 heterocycles. The van der Waals surface area contributed by atoms with Crippen LogP contribution in [0.3, 0.4) is 0 Å². The molecule has 4 rings (SSSR count). The molecule has 1 fully saturated rings. The molecule has 40 heavy (non-hydrogen) atoms. The number of nitrogens with zero attached hydrogens (tertiary/aromatic N) is 4. The highest BCUT2D eigenvalue weighted by Gasteiger charge is 2.30. The number of carbonyl (C=O) groups is 1. The predicted molar refractivity (Wildman–Crippen MR) is 145 cm³/mol. The largest absolute Gasteiger partial charge is 0.733 e. The van der Waals surface area contributed by atoms with Crippen LogP contribution in [0.25, 0.3) is 11.4 Å². The summed E-state index contributed by atoms with van der Waals surface area (Å²) < 4.78 is 38.6. The number of hydrogen-bond acceptors (Lipinski definition) is 6. The molecule has 1 aliphatic rings. The average Bonchev–Trinajstić information content (AvgIpc) is 3.30. The highest BCUT2D eigenvalue weighted by molar-refractivity contribution is 5.74. The van der Waals surface area contributed by atoms with Gasteiger partial charge in [0.1, 0.15) is 5.82 Å². The number of amides is 2. The normalized spacial score (nSPS) is 14.7.